The molecule has 21 heavy (non-hydrogen) atoms. The van der Waals surface area contributed by atoms with Gasteiger partial charge in [0.05, 0.1) is 12.2 Å². The van der Waals surface area contributed by atoms with E-state index in [1.54, 1.807) is 13.0 Å². The van der Waals surface area contributed by atoms with Crippen molar-refractivity contribution in [3.63, 3.8) is 0 Å². The molecule has 5 heteroatoms. The summed E-state index contributed by atoms with van der Waals surface area (Å²) in [4.78, 5) is 36.1. The molecule has 0 N–H and O–H groups in total. The van der Waals surface area contributed by atoms with Crippen molar-refractivity contribution in [1.29, 1.82) is 0 Å². The number of esters is 1. The molecular formula is C16H23NO4. The van der Waals surface area contributed by atoms with Gasteiger partial charge in [-0.1, -0.05) is 20.8 Å². The van der Waals surface area contributed by atoms with Gasteiger partial charge in [0, 0.05) is 5.69 Å². The molecule has 0 spiro atoms. The summed E-state index contributed by atoms with van der Waals surface area (Å²) in [6.45, 7) is 9.10. The number of Topliss-reactive ketones (excluding diaryl/α,β-unsaturated/α-hetero) is 1. The monoisotopic (exact) mass is 293 g/mol. The second-order valence-corrected chi connectivity index (χ2v) is 5.57. The zero-order valence-electron chi connectivity index (χ0n) is 13.3. The Labute approximate surface area is 124 Å². The molecule has 0 aliphatic rings. The first-order valence-corrected chi connectivity index (χ1v) is 7.19. The van der Waals surface area contributed by atoms with Gasteiger partial charge in [-0.2, -0.15) is 0 Å². The van der Waals surface area contributed by atoms with E-state index in [0.717, 1.165) is 0 Å². The summed E-state index contributed by atoms with van der Waals surface area (Å²) in [6, 6.07) is 2.48. The number of ether oxygens (including phenoxy) is 1. The third kappa shape index (κ3) is 4.03. The fourth-order valence-corrected chi connectivity index (χ4v) is 2.10. The Morgan fingerprint density at radius 3 is 2.38 bits per heavy atom. The van der Waals surface area contributed by atoms with E-state index in [4.69, 9.17) is 4.74 Å². The highest BCUT2D eigenvalue weighted by atomic mass is 16.5. The van der Waals surface area contributed by atoms with Gasteiger partial charge in [0.2, 0.25) is 0 Å². The quantitative estimate of drug-likeness (QED) is 0.597. The largest absolute Gasteiger partial charge is 0.464 e. The first kappa shape index (κ1) is 17.1. The minimum absolute atomic E-state index is 0.0932. The molecule has 1 unspecified atom stereocenters. The SMILES string of the molecule is CCC(C(=O)OCC(C)C)n1c(C)ccc(C(C)=O)c1=O. The van der Waals surface area contributed by atoms with Gasteiger partial charge >= 0.3 is 5.97 Å². The summed E-state index contributed by atoms with van der Waals surface area (Å²) < 4.78 is 6.60. The van der Waals surface area contributed by atoms with Crippen molar-refractivity contribution in [1.82, 2.24) is 4.57 Å². The summed E-state index contributed by atoms with van der Waals surface area (Å²) in [5.74, 6) is -0.510. The molecule has 0 aliphatic carbocycles. The third-order valence-corrected chi connectivity index (χ3v) is 3.23. The van der Waals surface area contributed by atoms with Crippen molar-refractivity contribution in [2.45, 2.75) is 47.1 Å². The molecule has 116 valence electrons. The predicted molar refractivity (Wildman–Crippen MR) is 80.6 cm³/mol. The maximum absolute atomic E-state index is 12.4. The Balaban J connectivity index is 3.22. The average molecular weight is 293 g/mol. The van der Waals surface area contributed by atoms with Gasteiger partial charge < -0.3 is 4.74 Å². The molecule has 0 aromatic carbocycles. The normalized spacial score (nSPS) is 12.3. The molecule has 1 aromatic heterocycles. The van der Waals surface area contributed by atoms with E-state index in [0.29, 0.717) is 18.7 Å². The molecule has 0 fully saturated rings. The van der Waals surface area contributed by atoms with Gasteiger partial charge in [-0.05, 0) is 38.3 Å². The van der Waals surface area contributed by atoms with Crippen LogP contribution in [0.5, 0.6) is 0 Å². The second kappa shape index (κ2) is 7.20. The van der Waals surface area contributed by atoms with E-state index in [1.807, 2.05) is 20.8 Å². The van der Waals surface area contributed by atoms with E-state index < -0.39 is 17.6 Å². The summed E-state index contributed by atoms with van der Waals surface area (Å²) in [5, 5.41) is 0. The predicted octanol–water partition coefficient (Wildman–Crippen LogP) is 2.51. The van der Waals surface area contributed by atoms with Crippen molar-refractivity contribution in [2.75, 3.05) is 6.61 Å². The highest BCUT2D eigenvalue weighted by molar-refractivity contribution is 5.93. The van der Waals surface area contributed by atoms with Gasteiger partial charge in [-0.3, -0.25) is 14.2 Å². The van der Waals surface area contributed by atoms with Crippen molar-refractivity contribution >= 4 is 11.8 Å². The Morgan fingerprint density at radius 1 is 1.29 bits per heavy atom. The molecule has 0 aliphatic heterocycles. The van der Waals surface area contributed by atoms with Gasteiger partial charge in [0.1, 0.15) is 6.04 Å². The van der Waals surface area contributed by atoms with Crippen LogP contribution in [-0.2, 0) is 9.53 Å². The number of aryl methyl sites for hydroxylation is 1. The highest BCUT2D eigenvalue weighted by Gasteiger charge is 2.24. The van der Waals surface area contributed by atoms with Gasteiger partial charge in [-0.25, -0.2) is 4.79 Å². The molecule has 1 rings (SSSR count). The third-order valence-electron chi connectivity index (χ3n) is 3.23. The minimum Gasteiger partial charge on any atom is -0.464 e. The number of ketones is 1. The van der Waals surface area contributed by atoms with Gasteiger partial charge in [0.25, 0.3) is 5.56 Å². The highest BCUT2D eigenvalue weighted by Crippen LogP contribution is 2.15. The van der Waals surface area contributed by atoms with Crippen molar-refractivity contribution in [2.24, 2.45) is 5.92 Å². The number of nitrogens with zero attached hydrogens (tertiary/aromatic N) is 1. The van der Waals surface area contributed by atoms with Crippen LogP contribution in [-0.4, -0.2) is 22.9 Å². The molecule has 0 amide bonds. The summed E-state index contributed by atoms with van der Waals surface area (Å²) in [7, 11) is 0. The molecule has 1 heterocycles. The smallest absolute Gasteiger partial charge is 0.329 e. The minimum atomic E-state index is -0.699. The second-order valence-electron chi connectivity index (χ2n) is 5.57. The molecule has 0 saturated heterocycles. The topological polar surface area (TPSA) is 65.4 Å². The number of carbonyl (C=O) groups excluding carboxylic acids is 2. The maximum atomic E-state index is 12.4. The Kier molecular flexibility index (Phi) is 5.88. The van der Waals surface area contributed by atoms with Gasteiger partial charge in [-0.15, -0.1) is 0 Å². The van der Waals surface area contributed by atoms with Crippen LogP contribution >= 0.6 is 0 Å². The number of pyridine rings is 1. The molecule has 1 atom stereocenters. The van der Waals surface area contributed by atoms with E-state index in [2.05, 4.69) is 0 Å². The van der Waals surface area contributed by atoms with E-state index in [1.165, 1.54) is 17.6 Å². The number of aromatic nitrogens is 1. The van der Waals surface area contributed by atoms with Crippen molar-refractivity contribution in [3.05, 3.63) is 33.7 Å². The molecule has 0 saturated carbocycles. The molecule has 0 bridgehead atoms. The lowest BCUT2D eigenvalue weighted by atomic mass is 10.1. The number of hydrogen-bond acceptors (Lipinski definition) is 4. The summed E-state index contributed by atoms with van der Waals surface area (Å²) in [5.41, 5.74) is 0.296. The van der Waals surface area contributed by atoms with Crippen LogP contribution in [0, 0.1) is 12.8 Å². The molecule has 1 aromatic rings. The lowest BCUT2D eigenvalue weighted by Gasteiger charge is -2.20. The zero-order valence-corrected chi connectivity index (χ0v) is 13.3. The van der Waals surface area contributed by atoms with Crippen LogP contribution in [0.15, 0.2) is 16.9 Å². The number of rotatable bonds is 6. The van der Waals surface area contributed by atoms with Crippen molar-refractivity contribution in [3.8, 4) is 0 Å². The Bertz CT molecular complexity index is 586. The molecule has 5 nitrogen and oxygen atoms in total. The average Bonchev–Trinajstić information content (AvgIpc) is 2.40. The van der Waals surface area contributed by atoms with Gasteiger partial charge in [0.15, 0.2) is 5.78 Å². The Hall–Kier alpha value is -1.91. The first-order chi connectivity index (χ1) is 9.79. The van der Waals surface area contributed by atoms with E-state index in [-0.39, 0.29) is 17.3 Å². The lowest BCUT2D eigenvalue weighted by molar-refractivity contribution is -0.149. The van der Waals surface area contributed by atoms with Crippen LogP contribution in [0.3, 0.4) is 0 Å². The fraction of sp³-hybridized carbons (Fsp3) is 0.562. The zero-order chi connectivity index (χ0) is 16.2. The molecular weight excluding hydrogens is 270 g/mol. The standard InChI is InChI=1S/C16H23NO4/c1-6-14(16(20)21-9-10(2)3)17-11(4)7-8-13(12(5)18)15(17)19/h7-8,10,14H,6,9H2,1-5H3. The van der Waals surface area contributed by atoms with Crippen LogP contribution in [0.4, 0.5) is 0 Å². The lowest BCUT2D eigenvalue weighted by Crippen LogP contribution is -2.35. The van der Waals surface area contributed by atoms with Crippen LogP contribution in [0.1, 0.15) is 56.2 Å². The van der Waals surface area contributed by atoms with Crippen LogP contribution in [0.25, 0.3) is 0 Å². The Morgan fingerprint density at radius 2 is 1.90 bits per heavy atom. The van der Waals surface area contributed by atoms with Crippen molar-refractivity contribution < 1.29 is 14.3 Å². The van der Waals surface area contributed by atoms with Crippen LogP contribution < -0.4 is 5.56 Å². The number of hydrogen-bond donors (Lipinski definition) is 0. The molecule has 0 radical (unpaired) electrons. The van der Waals surface area contributed by atoms with Crippen LogP contribution in [0.2, 0.25) is 0 Å². The van der Waals surface area contributed by atoms with E-state index in [9.17, 15) is 14.4 Å². The number of carbonyl (C=O) groups is 2. The van der Waals surface area contributed by atoms with E-state index >= 15 is 0 Å². The summed E-state index contributed by atoms with van der Waals surface area (Å²) in [6.07, 6.45) is 0.430. The fourth-order valence-electron chi connectivity index (χ4n) is 2.10. The first-order valence-electron chi connectivity index (χ1n) is 7.19. The summed E-state index contributed by atoms with van der Waals surface area (Å²) >= 11 is 0. The maximum Gasteiger partial charge on any atom is 0.329 e.